The van der Waals surface area contributed by atoms with Crippen LogP contribution in [0.5, 0.6) is 0 Å². The molecule has 0 saturated carbocycles. The highest BCUT2D eigenvalue weighted by atomic mass is 79.9. The molecule has 1 aromatic rings. The highest BCUT2D eigenvalue weighted by Gasteiger charge is 2.31. The van der Waals surface area contributed by atoms with Crippen molar-refractivity contribution in [2.24, 2.45) is 5.73 Å². The quantitative estimate of drug-likeness (QED) is 0.898. The summed E-state index contributed by atoms with van der Waals surface area (Å²) in [6.07, 6.45) is 0. The molecule has 0 amide bonds. The van der Waals surface area contributed by atoms with E-state index in [-0.39, 0.29) is 11.6 Å². The third-order valence-electron chi connectivity index (χ3n) is 4.03. The Bertz CT molecular complexity index is 431. The number of nitrogens with zero attached hydrogens (tertiary/aromatic N) is 2. The van der Waals surface area contributed by atoms with Gasteiger partial charge in [0.15, 0.2) is 0 Å². The topological polar surface area (TPSA) is 32.5 Å². The SMILES string of the molecule is CC(N)C(c1cc(Br)cs1)N1CCN(C(C)(C)C)CC1. The molecule has 0 spiro atoms. The minimum atomic E-state index is 0.154. The van der Waals surface area contributed by atoms with Crippen LogP contribution in [0.2, 0.25) is 0 Å². The lowest BCUT2D eigenvalue weighted by Crippen LogP contribution is -2.55. The van der Waals surface area contributed by atoms with Gasteiger partial charge in [0, 0.05) is 52.5 Å². The maximum atomic E-state index is 6.27. The van der Waals surface area contributed by atoms with Crippen molar-refractivity contribution in [3.63, 3.8) is 0 Å². The molecule has 5 heteroatoms. The monoisotopic (exact) mass is 359 g/mol. The fourth-order valence-corrected chi connectivity index (χ4v) is 4.62. The predicted molar refractivity (Wildman–Crippen MR) is 91.3 cm³/mol. The minimum absolute atomic E-state index is 0.154. The third-order valence-corrected chi connectivity index (χ3v) is 5.80. The molecule has 1 saturated heterocycles. The number of halogens is 1. The van der Waals surface area contributed by atoms with Gasteiger partial charge in [-0.25, -0.2) is 0 Å². The first-order valence-electron chi connectivity index (χ1n) is 7.27. The molecule has 0 aliphatic carbocycles. The van der Waals surface area contributed by atoms with Crippen LogP contribution in [0, 0.1) is 0 Å². The van der Waals surface area contributed by atoms with Crippen molar-refractivity contribution in [1.29, 1.82) is 0 Å². The van der Waals surface area contributed by atoms with E-state index < -0.39 is 0 Å². The summed E-state index contributed by atoms with van der Waals surface area (Å²) in [5.41, 5.74) is 6.53. The first-order valence-corrected chi connectivity index (χ1v) is 8.95. The van der Waals surface area contributed by atoms with Gasteiger partial charge in [-0.1, -0.05) is 0 Å². The molecular formula is C15H26BrN3S. The highest BCUT2D eigenvalue weighted by molar-refractivity contribution is 9.10. The van der Waals surface area contributed by atoms with Crippen molar-refractivity contribution < 1.29 is 0 Å². The molecule has 3 nitrogen and oxygen atoms in total. The van der Waals surface area contributed by atoms with Crippen molar-refractivity contribution in [3.8, 4) is 0 Å². The fourth-order valence-electron chi connectivity index (χ4n) is 2.93. The smallest absolute Gasteiger partial charge is 0.0592 e. The van der Waals surface area contributed by atoms with E-state index in [1.807, 2.05) is 0 Å². The summed E-state index contributed by atoms with van der Waals surface area (Å²) in [6, 6.07) is 2.71. The highest BCUT2D eigenvalue weighted by Crippen LogP contribution is 2.32. The molecule has 20 heavy (non-hydrogen) atoms. The Morgan fingerprint density at radius 2 is 1.85 bits per heavy atom. The van der Waals surface area contributed by atoms with Gasteiger partial charge >= 0.3 is 0 Å². The molecular weight excluding hydrogens is 334 g/mol. The maximum Gasteiger partial charge on any atom is 0.0592 e. The van der Waals surface area contributed by atoms with Crippen molar-refractivity contribution in [2.45, 2.75) is 45.3 Å². The number of rotatable bonds is 3. The van der Waals surface area contributed by atoms with Crippen molar-refractivity contribution in [1.82, 2.24) is 9.80 Å². The molecule has 2 unspecified atom stereocenters. The van der Waals surface area contributed by atoms with Crippen LogP contribution in [0.4, 0.5) is 0 Å². The fraction of sp³-hybridized carbons (Fsp3) is 0.733. The van der Waals surface area contributed by atoms with Gasteiger partial charge in [-0.2, -0.15) is 0 Å². The summed E-state index contributed by atoms with van der Waals surface area (Å²) >= 11 is 5.36. The van der Waals surface area contributed by atoms with E-state index in [2.05, 4.69) is 64.9 Å². The van der Waals surface area contributed by atoms with Crippen molar-refractivity contribution in [2.75, 3.05) is 26.2 Å². The van der Waals surface area contributed by atoms with Gasteiger partial charge < -0.3 is 5.73 Å². The normalized spacial score (nSPS) is 21.9. The Hall–Kier alpha value is 0.0600. The molecule has 0 radical (unpaired) electrons. The molecule has 1 aromatic heterocycles. The van der Waals surface area contributed by atoms with Crippen LogP contribution in [0.3, 0.4) is 0 Å². The largest absolute Gasteiger partial charge is 0.326 e. The van der Waals surface area contributed by atoms with Crippen LogP contribution in [0.1, 0.15) is 38.6 Å². The van der Waals surface area contributed by atoms with Crippen LogP contribution in [-0.4, -0.2) is 47.6 Å². The molecule has 2 rings (SSSR count). The zero-order valence-electron chi connectivity index (χ0n) is 12.9. The summed E-state index contributed by atoms with van der Waals surface area (Å²) in [5, 5.41) is 2.15. The molecule has 1 fully saturated rings. The molecule has 114 valence electrons. The van der Waals surface area contributed by atoms with Gasteiger partial charge in [-0.05, 0) is 49.7 Å². The van der Waals surface area contributed by atoms with Crippen LogP contribution in [0.15, 0.2) is 15.9 Å². The van der Waals surface area contributed by atoms with Crippen LogP contribution < -0.4 is 5.73 Å². The zero-order valence-corrected chi connectivity index (χ0v) is 15.3. The van der Waals surface area contributed by atoms with E-state index in [9.17, 15) is 0 Å². The second kappa shape index (κ2) is 6.44. The number of hydrogen-bond donors (Lipinski definition) is 1. The lowest BCUT2D eigenvalue weighted by Gasteiger charge is -2.45. The predicted octanol–water partition coefficient (Wildman–Crippen LogP) is 3.32. The summed E-state index contributed by atoms with van der Waals surface area (Å²) in [6.45, 7) is 13.4. The van der Waals surface area contributed by atoms with Crippen LogP contribution >= 0.6 is 27.3 Å². The molecule has 1 aliphatic rings. The van der Waals surface area contributed by atoms with E-state index in [4.69, 9.17) is 5.73 Å². The number of thiophene rings is 1. The second-order valence-corrected chi connectivity index (χ2v) is 8.52. The van der Waals surface area contributed by atoms with Gasteiger partial charge in [0.2, 0.25) is 0 Å². The van der Waals surface area contributed by atoms with E-state index in [0.717, 1.165) is 30.7 Å². The van der Waals surface area contributed by atoms with Gasteiger partial charge in [0.1, 0.15) is 0 Å². The van der Waals surface area contributed by atoms with Gasteiger partial charge in [-0.3, -0.25) is 9.80 Å². The van der Waals surface area contributed by atoms with E-state index in [1.165, 1.54) is 4.88 Å². The molecule has 0 aromatic carbocycles. The van der Waals surface area contributed by atoms with Crippen LogP contribution in [-0.2, 0) is 0 Å². The van der Waals surface area contributed by atoms with E-state index in [0.29, 0.717) is 6.04 Å². The Morgan fingerprint density at radius 3 is 2.25 bits per heavy atom. The Balaban J connectivity index is 2.06. The first kappa shape index (κ1) is 16.4. The van der Waals surface area contributed by atoms with E-state index >= 15 is 0 Å². The summed E-state index contributed by atoms with van der Waals surface area (Å²) in [7, 11) is 0. The molecule has 2 N–H and O–H groups in total. The third kappa shape index (κ3) is 3.83. The van der Waals surface area contributed by atoms with Crippen molar-refractivity contribution >= 4 is 27.3 Å². The average Bonchev–Trinajstić information content (AvgIpc) is 2.75. The standard InChI is InChI=1S/C15H26BrN3S/c1-11(17)14(13-9-12(16)10-20-13)18-5-7-19(8-6-18)15(2,3)4/h9-11,14H,5-8,17H2,1-4H3. The minimum Gasteiger partial charge on any atom is -0.326 e. The van der Waals surface area contributed by atoms with Gasteiger partial charge in [0.05, 0.1) is 6.04 Å². The summed E-state index contributed by atoms with van der Waals surface area (Å²) < 4.78 is 1.16. The number of hydrogen-bond acceptors (Lipinski definition) is 4. The first-order chi connectivity index (χ1) is 9.29. The van der Waals surface area contributed by atoms with Crippen molar-refractivity contribution in [3.05, 3.63) is 20.8 Å². The summed E-state index contributed by atoms with van der Waals surface area (Å²) in [5.74, 6) is 0. The average molecular weight is 360 g/mol. The molecule has 2 heterocycles. The van der Waals surface area contributed by atoms with E-state index in [1.54, 1.807) is 11.3 Å². The van der Waals surface area contributed by atoms with Gasteiger partial charge in [-0.15, -0.1) is 11.3 Å². The number of nitrogens with two attached hydrogens (primary N) is 1. The number of piperazine rings is 1. The Morgan fingerprint density at radius 1 is 1.25 bits per heavy atom. The zero-order chi connectivity index (χ0) is 14.9. The molecule has 0 bridgehead atoms. The molecule has 2 atom stereocenters. The lowest BCUT2D eigenvalue weighted by atomic mass is 10.0. The Labute approximate surface area is 135 Å². The van der Waals surface area contributed by atoms with Crippen LogP contribution in [0.25, 0.3) is 0 Å². The second-order valence-electron chi connectivity index (χ2n) is 6.67. The lowest BCUT2D eigenvalue weighted by molar-refractivity contribution is 0.0377. The maximum absolute atomic E-state index is 6.27. The Kier molecular flexibility index (Phi) is 5.29. The summed E-state index contributed by atoms with van der Waals surface area (Å²) in [4.78, 5) is 6.48. The molecule has 1 aliphatic heterocycles. The van der Waals surface area contributed by atoms with Gasteiger partial charge in [0.25, 0.3) is 0 Å².